The minimum absolute atomic E-state index is 1.03. The Labute approximate surface area is 83.0 Å². The molecule has 1 aromatic heterocycles. The Bertz CT molecular complexity index is 239. The summed E-state index contributed by atoms with van der Waals surface area (Å²) in [6.45, 7) is 5.76. The highest BCUT2D eigenvalue weighted by atomic mass is 32.1. The molecule has 0 bridgehead atoms. The first-order valence-electron chi connectivity index (χ1n) is 4.64. The van der Waals surface area contributed by atoms with E-state index in [0.29, 0.717) is 0 Å². The van der Waals surface area contributed by atoms with Gasteiger partial charge in [-0.05, 0) is 7.05 Å². The van der Waals surface area contributed by atoms with Crippen LogP contribution in [0.2, 0.25) is 0 Å². The summed E-state index contributed by atoms with van der Waals surface area (Å²) in [4.78, 5) is 9.14. The minimum Gasteiger partial charge on any atom is -0.304 e. The van der Waals surface area contributed by atoms with Gasteiger partial charge in [0.1, 0.15) is 5.01 Å². The molecule has 0 N–H and O–H groups in total. The molecule has 2 heterocycles. The van der Waals surface area contributed by atoms with Crippen molar-refractivity contribution in [3.63, 3.8) is 0 Å². The largest absolute Gasteiger partial charge is 0.304 e. The maximum atomic E-state index is 4.29. The van der Waals surface area contributed by atoms with Crippen LogP contribution in [0.25, 0.3) is 0 Å². The summed E-state index contributed by atoms with van der Waals surface area (Å²) >= 11 is 1.75. The van der Waals surface area contributed by atoms with Crippen molar-refractivity contribution in [1.29, 1.82) is 0 Å². The first-order chi connectivity index (χ1) is 6.34. The number of likely N-dealkylation sites (N-methyl/N-ethyl adjacent to an activating group) is 1. The lowest BCUT2D eigenvalue weighted by Crippen LogP contribution is -2.43. The van der Waals surface area contributed by atoms with Crippen molar-refractivity contribution in [3.8, 4) is 0 Å². The van der Waals surface area contributed by atoms with Gasteiger partial charge in [-0.3, -0.25) is 4.90 Å². The van der Waals surface area contributed by atoms with E-state index in [1.54, 1.807) is 11.3 Å². The van der Waals surface area contributed by atoms with Gasteiger partial charge < -0.3 is 4.90 Å². The summed E-state index contributed by atoms with van der Waals surface area (Å²) in [5, 5.41) is 3.29. The third-order valence-corrected chi connectivity index (χ3v) is 3.20. The van der Waals surface area contributed by atoms with Gasteiger partial charge in [0.05, 0.1) is 6.54 Å². The molecule has 4 heteroatoms. The fraction of sp³-hybridized carbons (Fsp3) is 0.667. The fourth-order valence-corrected chi connectivity index (χ4v) is 2.19. The highest BCUT2D eigenvalue weighted by Gasteiger charge is 2.14. The van der Waals surface area contributed by atoms with E-state index in [4.69, 9.17) is 0 Å². The molecule has 1 fully saturated rings. The topological polar surface area (TPSA) is 19.4 Å². The van der Waals surface area contributed by atoms with Gasteiger partial charge in [-0.15, -0.1) is 11.3 Å². The lowest BCUT2D eigenvalue weighted by Gasteiger charge is -2.31. The molecule has 1 aliphatic heterocycles. The summed E-state index contributed by atoms with van der Waals surface area (Å²) in [5.41, 5.74) is 0. The van der Waals surface area contributed by atoms with Gasteiger partial charge in [0.2, 0.25) is 0 Å². The Morgan fingerprint density at radius 1 is 1.38 bits per heavy atom. The van der Waals surface area contributed by atoms with Crippen molar-refractivity contribution in [2.75, 3.05) is 33.2 Å². The molecule has 0 unspecified atom stereocenters. The van der Waals surface area contributed by atoms with E-state index >= 15 is 0 Å². The molecule has 3 nitrogen and oxygen atoms in total. The zero-order valence-electron chi connectivity index (χ0n) is 7.94. The summed E-state index contributed by atoms with van der Waals surface area (Å²) in [7, 11) is 2.18. The van der Waals surface area contributed by atoms with E-state index < -0.39 is 0 Å². The van der Waals surface area contributed by atoms with Crippen molar-refractivity contribution in [2.45, 2.75) is 6.54 Å². The van der Waals surface area contributed by atoms with Gasteiger partial charge in [0.25, 0.3) is 0 Å². The molecule has 1 saturated heterocycles. The van der Waals surface area contributed by atoms with Crippen LogP contribution in [0.4, 0.5) is 0 Å². The van der Waals surface area contributed by atoms with E-state index in [0.717, 1.165) is 6.54 Å². The van der Waals surface area contributed by atoms with Crippen LogP contribution in [0.5, 0.6) is 0 Å². The van der Waals surface area contributed by atoms with E-state index in [2.05, 4.69) is 21.8 Å². The lowest BCUT2D eigenvalue weighted by atomic mass is 10.3. The lowest BCUT2D eigenvalue weighted by molar-refractivity contribution is 0.148. The van der Waals surface area contributed by atoms with Crippen LogP contribution in [0.3, 0.4) is 0 Å². The number of aromatic nitrogens is 1. The Balaban J connectivity index is 1.83. The number of thiazole rings is 1. The molecule has 0 atom stereocenters. The molecular formula is C9H15N3S. The van der Waals surface area contributed by atoms with Gasteiger partial charge in [0.15, 0.2) is 0 Å². The monoisotopic (exact) mass is 197 g/mol. The van der Waals surface area contributed by atoms with Crippen molar-refractivity contribution in [1.82, 2.24) is 14.8 Å². The third-order valence-electron chi connectivity index (χ3n) is 2.44. The van der Waals surface area contributed by atoms with Gasteiger partial charge in [-0.25, -0.2) is 4.98 Å². The number of nitrogens with zero attached hydrogens (tertiary/aromatic N) is 3. The van der Waals surface area contributed by atoms with Crippen LogP contribution in [0, 0.1) is 0 Å². The smallest absolute Gasteiger partial charge is 0.107 e. The predicted molar refractivity (Wildman–Crippen MR) is 54.9 cm³/mol. The molecule has 1 aliphatic rings. The number of hydrogen-bond acceptors (Lipinski definition) is 4. The maximum absolute atomic E-state index is 4.29. The summed E-state index contributed by atoms with van der Waals surface area (Å²) in [6, 6.07) is 0. The number of rotatable bonds is 2. The van der Waals surface area contributed by atoms with Gasteiger partial charge >= 0.3 is 0 Å². The summed E-state index contributed by atoms with van der Waals surface area (Å²) in [5.74, 6) is 0. The Hall–Kier alpha value is -0.450. The molecule has 1 aromatic rings. The van der Waals surface area contributed by atoms with Crippen LogP contribution in [0.15, 0.2) is 11.6 Å². The summed E-state index contributed by atoms with van der Waals surface area (Å²) < 4.78 is 0. The second-order valence-electron chi connectivity index (χ2n) is 3.51. The molecule has 0 amide bonds. The van der Waals surface area contributed by atoms with Gasteiger partial charge in [-0.2, -0.15) is 0 Å². The molecule has 0 radical (unpaired) electrons. The molecule has 2 rings (SSSR count). The van der Waals surface area contributed by atoms with Crippen LogP contribution >= 0.6 is 11.3 Å². The zero-order chi connectivity index (χ0) is 9.10. The average molecular weight is 197 g/mol. The van der Waals surface area contributed by atoms with E-state index in [9.17, 15) is 0 Å². The number of hydrogen-bond donors (Lipinski definition) is 0. The second kappa shape index (κ2) is 4.17. The highest BCUT2D eigenvalue weighted by molar-refractivity contribution is 7.09. The molecule has 72 valence electrons. The van der Waals surface area contributed by atoms with Crippen molar-refractivity contribution in [2.24, 2.45) is 0 Å². The first kappa shape index (κ1) is 9.12. The first-order valence-corrected chi connectivity index (χ1v) is 5.52. The highest BCUT2D eigenvalue weighted by Crippen LogP contribution is 2.09. The molecule has 0 saturated carbocycles. The second-order valence-corrected chi connectivity index (χ2v) is 4.48. The van der Waals surface area contributed by atoms with Crippen molar-refractivity contribution < 1.29 is 0 Å². The standard InChI is InChI=1S/C9H15N3S/c1-11-3-5-12(6-4-11)8-9-10-2-7-13-9/h2,7H,3-6,8H2,1H3. The minimum atomic E-state index is 1.03. The Kier molecular flexibility index (Phi) is 2.93. The predicted octanol–water partition coefficient (Wildman–Crippen LogP) is 0.890. The van der Waals surface area contributed by atoms with Crippen LogP contribution < -0.4 is 0 Å². The third kappa shape index (κ3) is 2.49. The van der Waals surface area contributed by atoms with Crippen LogP contribution in [-0.4, -0.2) is 48.0 Å². The molecule has 0 aromatic carbocycles. The van der Waals surface area contributed by atoms with Crippen molar-refractivity contribution in [3.05, 3.63) is 16.6 Å². The number of piperazine rings is 1. The van der Waals surface area contributed by atoms with E-state index in [1.807, 2.05) is 11.6 Å². The van der Waals surface area contributed by atoms with Crippen LogP contribution in [0.1, 0.15) is 5.01 Å². The van der Waals surface area contributed by atoms with Gasteiger partial charge in [0, 0.05) is 37.8 Å². The quantitative estimate of drug-likeness (QED) is 0.702. The zero-order valence-corrected chi connectivity index (χ0v) is 8.76. The van der Waals surface area contributed by atoms with E-state index in [-0.39, 0.29) is 0 Å². The molecule has 0 aliphatic carbocycles. The van der Waals surface area contributed by atoms with Crippen molar-refractivity contribution >= 4 is 11.3 Å². The SMILES string of the molecule is CN1CCN(Cc2nccs2)CC1. The normalized spacial score (nSPS) is 20.7. The summed E-state index contributed by atoms with van der Waals surface area (Å²) in [6.07, 6.45) is 1.88. The molecule has 0 spiro atoms. The maximum Gasteiger partial charge on any atom is 0.107 e. The Morgan fingerprint density at radius 2 is 2.15 bits per heavy atom. The Morgan fingerprint density at radius 3 is 2.77 bits per heavy atom. The molecular weight excluding hydrogens is 182 g/mol. The fourth-order valence-electron chi connectivity index (χ4n) is 1.53. The van der Waals surface area contributed by atoms with Gasteiger partial charge in [-0.1, -0.05) is 0 Å². The average Bonchev–Trinajstić information content (AvgIpc) is 2.62. The molecule has 13 heavy (non-hydrogen) atoms. The van der Waals surface area contributed by atoms with Crippen LogP contribution in [-0.2, 0) is 6.54 Å². The van der Waals surface area contributed by atoms with E-state index in [1.165, 1.54) is 31.2 Å².